The van der Waals surface area contributed by atoms with Gasteiger partial charge in [-0.05, 0) is 58.9 Å². The van der Waals surface area contributed by atoms with Gasteiger partial charge in [-0.25, -0.2) is 13.2 Å². The summed E-state index contributed by atoms with van der Waals surface area (Å²) in [4.78, 5) is 13.8. The zero-order valence-electron chi connectivity index (χ0n) is 14.5. The molecule has 2 fully saturated rings. The predicted molar refractivity (Wildman–Crippen MR) is 90.2 cm³/mol. The molecule has 6 nitrogen and oxygen atoms in total. The third-order valence-corrected chi connectivity index (χ3v) is 6.19. The van der Waals surface area contributed by atoms with Crippen LogP contribution in [-0.2, 0) is 14.6 Å². The minimum absolute atomic E-state index is 0.217. The normalized spacial score (nSPS) is 25.5. The fraction of sp³-hybridized carbons (Fsp3) is 0.938. The van der Waals surface area contributed by atoms with Crippen molar-refractivity contribution in [2.24, 2.45) is 5.92 Å². The molecule has 7 heteroatoms. The van der Waals surface area contributed by atoms with Crippen molar-refractivity contribution >= 4 is 15.9 Å². The molecule has 2 saturated heterocycles. The Kier molecular flexibility index (Phi) is 5.94. The van der Waals surface area contributed by atoms with E-state index in [2.05, 4.69) is 5.32 Å². The highest BCUT2D eigenvalue weighted by molar-refractivity contribution is 7.91. The molecule has 134 valence electrons. The average molecular weight is 346 g/mol. The zero-order chi connectivity index (χ0) is 17.1. The largest absolute Gasteiger partial charge is 0.444 e. The SMILES string of the molecule is CC(C)(C)OC(=O)N1CCC(CCNC2CCS(=O)(=O)CC2)C1. The molecule has 0 aliphatic carbocycles. The smallest absolute Gasteiger partial charge is 0.410 e. The van der Waals surface area contributed by atoms with Gasteiger partial charge in [-0.3, -0.25) is 0 Å². The number of sulfone groups is 1. The van der Waals surface area contributed by atoms with Crippen molar-refractivity contribution in [2.45, 2.75) is 58.1 Å². The summed E-state index contributed by atoms with van der Waals surface area (Å²) in [5, 5.41) is 3.47. The van der Waals surface area contributed by atoms with Gasteiger partial charge < -0.3 is 15.0 Å². The molecule has 0 aromatic heterocycles. The van der Waals surface area contributed by atoms with E-state index in [4.69, 9.17) is 4.74 Å². The highest BCUT2D eigenvalue weighted by atomic mass is 32.2. The summed E-state index contributed by atoms with van der Waals surface area (Å²) in [6, 6.07) is 0.321. The first-order chi connectivity index (χ1) is 10.6. The monoisotopic (exact) mass is 346 g/mol. The highest BCUT2D eigenvalue weighted by Gasteiger charge is 2.30. The molecule has 2 aliphatic heterocycles. The fourth-order valence-electron chi connectivity index (χ4n) is 3.15. The van der Waals surface area contributed by atoms with Crippen molar-refractivity contribution in [3.63, 3.8) is 0 Å². The van der Waals surface area contributed by atoms with Crippen LogP contribution in [0.25, 0.3) is 0 Å². The minimum Gasteiger partial charge on any atom is -0.444 e. The summed E-state index contributed by atoms with van der Waals surface area (Å²) in [7, 11) is -2.79. The van der Waals surface area contributed by atoms with Gasteiger partial charge in [0.15, 0.2) is 0 Å². The molecule has 0 spiro atoms. The van der Waals surface area contributed by atoms with E-state index in [0.717, 1.165) is 45.3 Å². The van der Waals surface area contributed by atoms with Crippen molar-refractivity contribution in [1.82, 2.24) is 10.2 Å². The van der Waals surface area contributed by atoms with Crippen LogP contribution in [0.2, 0.25) is 0 Å². The predicted octanol–water partition coefficient (Wildman–Crippen LogP) is 1.80. The van der Waals surface area contributed by atoms with E-state index in [-0.39, 0.29) is 6.09 Å². The Labute approximate surface area is 139 Å². The molecule has 1 amide bonds. The van der Waals surface area contributed by atoms with Gasteiger partial charge in [0.25, 0.3) is 0 Å². The van der Waals surface area contributed by atoms with Crippen LogP contribution in [0.1, 0.15) is 46.5 Å². The Morgan fingerprint density at radius 1 is 1.22 bits per heavy atom. The molecule has 1 N–H and O–H groups in total. The topological polar surface area (TPSA) is 75.7 Å². The number of carbonyl (C=O) groups excluding carboxylic acids is 1. The van der Waals surface area contributed by atoms with Crippen LogP contribution in [0.3, 0.4) is 0 Å². The van der Waals surface area contributed by atoms with Crippen molar-refractivity contribution in [3.8, 4) is 0 Å². The summed E-state index contributed by atoms with van der Waals surface area (Å²) in [6.07, 6.45) is 3.25. The Hall–Kier alpha value is -0.820. The molecule has 2 rings (SSSR count). The lowest BCUT2D eigenvalue weighted by Crippen LogP contribution is -2.38. The van der Waals surface area contributed by atoms with Gasteiger partial charge in [0.2, 0.25) is 0 Å². The summed E-state index contributed by atoms with van der Waals surface area (Å²) in [5.74, 6) is 1.11. The molecule has 23 heavy (non-hydrogen) atoms. The number of nitrogens with one attached hydrogen (secondary N) is 1. The van der Waals surface area contributed by atoms with Crippen LogP contribution in [0.4, 0.5) is 4.79 Å². The molecule has 0 radical (unpaired) electrons. The van der Waals surface area contributed by atoms with Crippen LogP contribution in [0, 0.1) is 5.92 Å². The maximum atomic E-state index is 12.0. The number of rotatable bonds is 4. The standard InChI is InChI=1S/C16H30N2O4S/c1-16(2,3)22-15(19)18-9-5-13(12-18)4-8-17-14-6-10-23(20,21)11-7-14/h13-14,17H,4-12H2,1-3H3. The number of likely N-dealkylation sites (tertiary alicyclic amines) is 1. The van der Waals surface area contributed by atoms with E-state index in [0.29, 0.717) is 23.5 Å². The van der Waals surface area contributed by atoms with Gasteiger partial charge in [-0.1, -0.05) is 0 Å². The average Bonchev–Trinajstić information content (AvgIpc) is 2.88. The quantitative estimate of drug-likeness (QED) is 0.840. The molecule has 2 heterocycles. The second-order valence-corrected chi connectivity index (χ2v) is 10.1. The van der Waals surface area contributed by atoms with Crippen LogP contribution in [0.5, 0.6) is 0 Å². The lowest BCUT2D eigenvalue weighted by atomic mass is 10.0. The lowest BCUT2D eigenvalue weighted by molar-refractivity contribution is 0.0287. The Morgan fingerprint density at radius 3 is 2.48 bits per heavy atom. The molecule has 0 aromatic carbocycles. The Bertz CT molecular complexity index is 499. The van der Waals surface area contributed by atoms with E-state index in [1.807, 2.05) is 20.8 Å². The molecule has 1 atom stereocenters. The molecule has 0 aromatic rings. The fourth-order valence-corrected chi connectivity index (χ4v) is 4.64. The second-order valence-electron chi connectivity index (χ2n) is 7.75. The summed E-state index contributed by atoms with van der Waals surface area (Å²) >= 11 is 0. The van der Waals surface area contributed by atoms with Gasteiger partial charge in [-0.15, -0.1) is 0 Å². The summed E-state index contributed by atoms with van der Waals surface area (Å²) < 4.78 is 28.2. The minimum atomic E-state index is -2.79. The Balaban J connectivity index is 1.64. The van der Waals surface area contributed by atoms with E-state index in [1.54, 1.807) is 4.90 Å². The highest BCUT2D eigenvalue weighted by Crippen LogP contribution is 2.22. The summed E-state index contributed by atoms with van der Waals surface area (Å²) in [5.41, 5.74) is -0.446. The Morgan fingerprint density at radius 2 is 1.87 bits per heavy atom. The van der Waals surface area contributed by atoms with E-state index >= 15 is 0 Å². The van der Waals surface area contributed by atoms with Crippen molar-refractivity contribution in [2.75, 3.05) is 31.1 Å². The van der Waals surface area contributed by atoms with Crippen LogP contribution in [0.15, 0.2) is 0 Å². The van der Waals surface area contributed by atoms with Gasteiger partial charge in [0.1, 0.15) is 15.4 Å². The molecule has 0 saturated carbocycles. The number of hydrogen-bond acceptors (Lipinski definition) is 5. The third kappa shape index (κ3) is 6.30. The number of nitrogens with zero attached hydrogens (tertiary/aromatic N) is 1. The van der Waals surface area contributed by atoms with Gasteiger partial charge >= 0.3 is 6.09 Å². The third-order valence-electron chi connectivity index (χ3n) is 4.48. The van der Waals surface area contributed by atoms with Gasteiger partial charge in [-0.2, -0.15) is 0 Å². The van der Waals surface area contributed by atoms with E-state index in [1.165, 1.54) is 0 Å². The number of hydrogen-bond donors (Lipinski definition) is 1. The lowest BCUT2D eigenvalue weighted by Gasteiger charge is -2.25. The van der Waals surface area contributed by atoms with Crippen LogP contribution < -0.4 is 5.32 Å². The number of ether oxygens (including phenoxy) is 1. The first-order valence-electron chi connectivity index (χ1n) is 8.56. The van der Waals surface area contributed by atoms with Crippen LogP contribution in [-0.4, -0.2) is 62.2 Å². The van der Waals surface area contributed by atoms with E-state index in [9.17, 15) is 13.2 Å². The molecule has 1 unspecified atom stereocenters. The van der Waals surface area contributed by atoms with Gasteiger partial charge in [0, 0.05) is 19.1 Å². The van der Waals surface area contributed by atoms with E-state index < -0.39 is 15.4 Å². The first kappa shape index (κ1) is 18.5. The van der Waals surface area contributed by atoms with Gasteiger partial charge in [0.05, 0.1) is 11.5 Å². The van der Waals surface area contributed by atoms with Crippen molar-refractivity contribution in [1.29, 1.82) is 0 Å². The molecule has 0 bridgehead atoms. The maximum Gasteiger partial charge on any atom is 0.410 e. The molecular weight excluding hydrogens is 316 g/mol. The molecule has 2 aliphatic rings. The van der Waals surface area contributed by atoms with Crippen molar-refractivity contribution < 1.29 is 17.9 Å². The maximum absolute atomic E-state index is 12.0. The van der Waals surface area contributed by atoms with Crippen LogP contribution >= 0.6 is 0 Å². The molecular formula is C16H30N2O4S. The number of carbonyl (C=O) groups is 1. The summed E-state index contributed by atoms with van der Waals surface area (Å²) in [6.45, 7) is 8.06. The van der Waals surface area contributed by atoms with Crippen molar-refractivity contribution in [3.05, 3.63) is 0 Å². The second kappa shape index (κ2) is 7.38. The first-order valence-corrected chi connectivity index (χ1v) is 10.4. The zero-order valence-corrected chi connectivity index (χ0v) is 15.3. The number of amides is 1.